The molecule has 0 amide bonds. The number of rotatable bonds is 8. The molecule has 1 N–H and O–H groups in total. The number of hydrogen-bond donors (Lipinski definition) is 1. The molecule has 0 radical (unpaired) electrons. The second-order valence-electron chi connectivity index (χ2n) is 9.22. The van der Waals surface area contributed by atoms with E-state index in [4.69, 9.17) is 16.3 Å². The number of carbonyl (C=O) groups is 1. The highest BCUT2D eigenvalue weighted by molar-refractivity contribution is 6.30. The number of aromatic nitrogens is 1. The van der Waals surface area contributed by atoms with E-state index in [9.17, 15) is 23.1 Å². The van der Waals surface area contributed by atoms with Crippen LogP contribution in [0.2, 0.25) is 0 Å². The summed E-state index contributed by atoms with van der Waals surface area (Å²) in [4.78, 5) is 11.0. The van der Waals surface area contributed by atoms with Crippen molar-refractivity contribution in [3.63, 3.8) is 0 Å². The summed E-state index contributed by atoms with van der Waals surface area (Å²) in [5, 5.41) is 12.4. The lowest BCUT2D eigenvalue weighted by Gasteiger charge is -2.23. The Morgan fingerprint density at radius 3 is 2.65 bits per heavy atom. The predicted octanol–water partition coefficient (Wildman–Crippen LogP) is 6.99. The van der Waals surface area contributed by atoms with Crippen LogP contribution in [-0.4, -0.2) is 28.4 Å². The van der Waals surface area contributed by atoms with Gasteiger partial charge in [0.1, 0.15) is 11.5 Å². The normalized spacial score (nSPS) is 17.7. The lowest BCUT2D eigenvalue weighted by molar-refractivity contribution is -0.274. The van der Waals surface area contributed by atoms with Gasteiger partial charge in [-0.15, -0.1) is 13.2 Å². The molecule has 0 bridgehead atoms. The molecule has 3 unspecified atom stereocenters. The van der Waals surface area contributed by atoms with Crippen LogP contribution in [0.4, 0.5) is 13.2 Å². The fourth-order valence-electron chi connectivity index (χ4n) is 4.59. The van der Waals surface area contributed by atoms with Gasteiger partial charge in [0.05, 0.1) is 5.52 Å². The molecule has 1 aromatic heterocycles. The molecule has 5 nitrogen and oxygen atoms in total. The fraction of sp³-hybridized carbons (Fsp3) is 0.321. The third-order valence-corrected chi connectivity index (χ3v) is 6.69. The molecule has 0 aliphatic heterocycles. The topological polar surface area (TPSA) is 60.7 Å². The van der Waals surface area contributed by atoms with E-state index in [-0.39, 0.29) is 11.7 Å². The Labute approximate surface area is 217 Å². The van der Waals surface area contributed by atoms with Crippen molar-refractivity contribution < 1.29 is 32.5 Å². The van der Waals surface area contributed by atoms with Crippen LogP contribution in [0.15, 0.2) is 65.2 Å². The van der Waals surface area contributed by atoms with Crippen molar-refractivity contribution in [2.45, 2.75) is 52.3 Å². The van der Waals surface area contributed by atoms with Gasteiger partial charge in [-0.3, -0.25) is 4.79 Å². The molecule has 1 aliphatic rings. The summed E-state index contributed by atoms with van der Waals surface area (Å²) < 4.78 is 50.3. The minimum atomic E-state index is -4.84. The number of benzene rings is 2. The Morgan fingerprint density at radius 2 is 1.97 bits per heavy atom. The summed E-state index contributed by atoms with van der Waals surface area (Å²) in [5.41, 5.74) is 3.29. The lowest BCUT2D eigenvalue weighted by Crippen LogP contribution is -2.17. The van der Waals surface area contributed by atoms with Gasteiger partial charge >= 0.3 is 6.36 Å². The maximum Gasteiger partial charge on any atom is 0.573 e. The summed E-state index contributed by atoms with van der Waals surface area (Å²) in [6, 6.07) is 11.2. The highest BCUT2D eigenvalue weighted by Gasteiger charge is 2.32. The number of nitrogens with zero attached hydrogens (tertiary/aromatic N) is 1. The minimum absolute atomic E-state index is 0.236. The van der Waals surface area contributed by atoms with Crippen LogP contribution in [0, 0.1) is 12.8 Å². The van der Waals surface area contributed by atoms with Gasteiger partial charge in [0.15, 0.2) is 18.6 Å². The van der Waals surface area contributed by atoms with Crippen molar-refractivity contribution in [1.29, 1.82) is 0 Å². The van der Waals surface area contributed by atoms with Gasteiger partial charge in [0.2, 0.25) is 0 Å². The van der Waals surface area contributed by atoms with E-state index in [1.807, 2.05) is 19.1 Å². The zero-order valence-electron chi connectivity index (χ0n) is 20.6. The maximum absolute atomic E-state index is 13.0. The Kier molecular flexibility index (Phi) is 7.71. The molecule has 1 aliphatic carbocycles. The summed E-state index contributed by atoms with van der Waals surface area (Å²) in [6.07, 6.45) is -1.22. The number of aldehydes is 1. The van der Waals surface area contributed by atoms with E-state index in [2.05, 4.69) is 4.74 Å². The molecule has 196 valence electrons. The van der Waals surface area contributed by atoms with Crippen LogP contribution in [0.5, 0.6) is 11.5 Å². The second kappa shape index (κ2) is 10.6. The first kappa shape index (κ1) is 26.8. The van der Waals surface area contributed by atoms with Gasteiger partial charge in [-0.25, -0.2) is 0 Å². The molecule has 4 rings (SSSR count). The van der Waals surface area contributed by atoms with E-state index < -0.39 is 18.7 Å². The number of hydrogen-bond acceptors (Lipinski definition) is 4. The zero-order chi connectivity index (χ0) is 26.9. The van der Waals surface area contributed by atoms with Crippen molar-refractivity contribution >= 4 is 28.8 Å². The van der Waals surface area contributed by atoms with E-state index in [0.717, 1.165) is 5.56 Å². The number of carbonyl (C=O) groups excluding carboxylic acids is 1. The van der Waals surface area contributed by atoms with E-state index in [1.54, 1.807) is 42.7 Å². The van der Waals surface area contributed by atoms with Crippen LogP contribution in [-0.2, 0) is 11.2 Å². The van der Waals surface area contributed by atoms with Crippen LogP contribution >= 0.6 is 11.6 Å². The monoisotopic (exact) mass is 533 g/mol. The molecule has 3 aromatic rings. The highest BCUT2D eigenvalue weighted by atomic mass is 35.5. The van der Waals surface area contributed by atoms with Crippen LogP contribution in [0.1, 0.15) is 43.3 Å². The van der Waals surface area contributed by atoms with Gasteiger partial charge in [0.25, 0.3) is 0 Å². The van der Waals surface area contributed by atoms with Crippen LogP contribution in [0.25, 0.3) is 10.9 Å². The predicted molar refractivity (Wildman–Crippen MR) is 136 cm³/mol. The Bertz CT molecular complexity index is 1380. The average molecular weight is 534 g/mol. The molecule has 0 spiro atoms. The van der Waals surface area contributed by atoms with Crippen LogP contribution in [0.3, 0.4) is 0 Å². The van der Waals surface area contributed by atoms with Crippen molar-refractivity contribution in [3.05, 3.63) is 82.0 Å². The summed E-state index contributed by atoms with van der Waals surface area (Å²) in [7, 11) is 0. The standard InChI is InChI=1S/C28H27ClF3NO4/c1-16-7-9-22(25(29)11-16)27(35)33-18(3)23(13-19-5-4-6-20(12-19)36-17(2)15-34)24-14-21(8-10-26(24)33)37-28(30,31)32/h4-10,12,14-17,27,35H,11,13H2,1-3H3. The SMILES string of the molecule is Cc1c(Cc2cccc(OC(C)C=O)c2)c2cc(OC(F)(F)F)ccc2n1C(O)C1=C(Cl)CC(C)C=C1. The first-order chi connectivity index (χ1) is 17.5. The molecule has 0 fully saturated rings. The lowest BCUT2D eigenvalue weighted by atomic mass is 9.97. The first-order valence-corrected chi connectivity index (χ1v) is 12.2. The Morgan fingerprint density at radius 1 is 1.22 bits per heavy atom. The molecule has 1 heterocycles. The van der Waals surface area contributed by atoms with Crippen molar-refractivity contribution in [2.24, 2.45) is 5.92 Å². The van der Waals surface area contributed by atoms with Gasteiger partial charge in [-0.1, -0.05) is 42.8 Å². The fourth-order valence-corrected chi connectivity index (χ4v) is 4.99. The third kappa shape index (κ3) is 6.02. The van der Waals surface area contributed by atoms with E-state index >= 15 is 0 Å². The van der Waals surface area contributed by atoms with E-state index in [0.29, 0.717) is 57.6 Å². The molecular weight excluding hydrogens is 507 g/mol. The molecule has 0 saturated heterocycles. The zero-order valence-corrected chi connectivity index (χ0v) is 21.3. The number of aliphatic hydroxyl groups is 1. The van der Waals surface area contributed by atoms with Crippen molar-refractivity contribution in [2.75, 3.05) is 0 Å². The summed E-state index contributed by atoms with van der Waals surface area (Å²) >= 11 is 6.50. The number of alkyl halides is 3. The second-order valence-corrected chi connectivity index (χ2v) is 9.67. The quantitative estimate of drug-likeness (QED) is 0.317. The molecule has 37 heavy (non-hydrogen) atoms. The largest absolute Gasteiger partial charge is 0.573 e. The van der Waals surface area contributed by atoms with Crippen molar-refractivity contribution in [3.8, 4) is 11.5 Å². The van der Waals surface area contributed by atoms with Crippen LogP contribution < -0.4 is 9.47 Å². The molecule has 2 aromatic carbocycles. The number of halogens is 4. The van der Waals surface area contributed by atoms with Gasteiger partial charge in [-0.2, -0.15) is 0 Å². The van der Waals surface area contributed by atoms with Gasteiger partial charge in [-0.05, 0) is 74.1 Å². The first-order valence-electron chi connectivity index (χ1n) is 11.8. The summed E-state index contributed by atoms with van der Waals surface area (Å²) in [5.74, 6) is 0.381. The average Bonchev–Trinajstić information content (AvgIpc) is 3.08. The Balaban J connectivity index is 1.82. The minimum Gasteiger partial charge on any atom is -0.483 e. The highest BCUT2D eigenvalue weighted by Crippen LogP contribution is 2.39. The molecule has 3 atom stereocenters. The number of aliphatic hydroxyl groups excluding tert-OH is 1. The Hall–Kier alpha value is -3.23. The maximum atomic E-state index is 13.0. The van der Waals surface area contributed by atoms with Gasteiger partial charge < -0.3 is 19.1 Å². The number of fused-ring (bicyclic) bond motifs is 1. The molecule has 0 saturated carbocycles. The number of ether oxygens (including phenoxy) is 2. The molecule has 9 heteroatoms. The van der Waals surface area contributed by atoms with E-state index in [1.165, 1.54) is 18.2 Å². The number of allylic oxidation sites excluding steroid dienone is 2. The summed E-state index contributed by atoms with van der Waals surface area (Å²) in [6.45, 7) is 5.45. The smallest absolute Gasteiger partial charge is 0.483 e. The third-order valence-electron chi connectivity index (χ3n) is 6.32. The van der Waals surface area contributed by atoms with Gasteiger partial charge in [0, 0.05) is 21.7 Å². The molecular formula is C28H27ClF3NO4. The van der Waals surface area contributed by atoms with Crippen molar-refractivity contribution in [1.82, 2.24) is 4.57 Å².